The van der Waals surface area contributed by atoms with Crippen LogP contribution in [0.1, 0.15) is 32.6 Å². The Hall–Kier alpha value is -0.440. The molecule has 0 bridgehead atoms. The van der Waals surface area contributed by atoms with Gasteiger partial charge in [-0.25, -0.2) is 8.42 Å². The molecule has 8 heteroatoms. The van der Waals surface area contributed by atoms with Gasteiger partial charge < -0.3 is 4.74 Å². The quantitative estimate of drug-likeness (QED) is 0.811. The molecule has 0 aliphatic heterocycles. The fraction of sp³-hybridized carbons (Fsp3) is 0.583. The number of carbonyl (C=O) groups is 1. The van der Waals surface area contributed by atoms with Crippen LogP contribution in [0.25, 0.3) is 0 Å². The van der Waals surface area contributed by atoms with Gasteiger partial charge in [-0.1, -0.05) is 0 Å². The first kappa shape index (κ1) is 17.6. The summed E-state index contributed by atoms with van der Waals surface area (Å²) in [6.07, 6.45) is 0. The Labute approximate surface area is 131 Å². The zero-order chi connectivity index (χ0) is 15.7. The third-order valence-corrected chi connectivity index (χ3v) is 5.57. The van der Waals surface area contributed by atoms with Crippen LogP contribution in [-0.2, 0) is 19.6 Å². The van der Waals surface area contributed by atoms with Gasteiger partial charge in [0.1, 0.15) is 11.6 Å². The summed E-state index contributed by atoms with van der Waals surface area (Å²) in [5, 5.41) is 0. The maximum Gasteiger partial charge on any atom is 0.324 e. The Morgan fingerprint density at radius 3 is 2.40 bits per heavy atom. The highest BCUT2D eigenvalue weighted by molar-refractivity contribution is 9.11. The summed E-state index contributed by atoms with van der Waals surface area (Å²) < 4.78 is 32.6. The van der Waals surface area contributed by atoms with Gasteiger partial charge in [0.05, 0.1) is 8.68 Å². The molecule has 1 atom stereocenters. The summed E-state index contributed by atoms with van der Waals surface area (Å²) in [7, 11) is -3.74. The zero-order valence-corrected chi connectivity index (χ0v) is 15.2. The molecule has 20 heavy (non-hydrogen) atoms. The number of carbonyl (C=O) groups excluding carboxylic acids is 1. The highest BCUT2D eigenvalue weighted by Crippen LogP contribution is 2.29. The van der Waals surface area contributed by atoms with Crippen LogP contribution in [0.4, 0.5) is 0 Å². The summed E-state index contributed by atoms with van der Waals surface area (Å²) in [6, 6.07) is 0.571. The van der Waals surface area contributed by atoms with Crippen molar-refractivity contribution in [1.29, 1.82) is 0 Å². The van der Waals surface area contributed by atoms with Gasteiger partial charge in [0.15, 0.2) is 0 Å². The molecule has 0 radical (unpaired) electrons. The lowest BCUT2D eigenvalue weighted by Gasteiger charge is -2.22. The van der Waals surface area contributed by atoms with Crippen molar-refractivity contribution in [2.75, 3.05) is 0 Å². The molecular formula is C12H18BrNO4S2. The van der Waals surface area contributed by atoms with E-state index in [1.165, 1.54) is 24.3 Å². The van der Waals surface area contributed by atoms with Crippen LogP contribution in [0.5, 0.6) is 0 Å². The van der Waals surface area contributed by atoms with Crippen LogP contribution in [0.3, 0.4) is 0 Å². The lowest BCUT2D eigenvalue weighted by atomic mass is 10.2. The molecule has 5 nitrogen and oxygen atoms in total. The Bertz CT molecular complexity index is 601. The predicted molar refractivity (Wildman–Crippen MR) is 82.4 cm³/mol. The molecule has 1 aromatic heterocycles. The highest BCUT2D eigenvalue weighted by Gasteiger charge is 2.28. The Morgan fingerprint density at radius 2 is 2.00 bits per heavy atom. The van der Waals surface area contributed by atoms with Crippen molar-refractivity contribution in [3.05, 3.63) is 14.7 Å². The maximum absolute atomic E-state index is 12.2. The number of rotatable bonds is 4. The van der Waals surface area contributed by atoms with Crippen molar-refractivity contribution < 1.29 is 17.9 Å². The molecule has 0 amide bonds. The summed E-state index contributed by atoms with van der Waals surface area (Å²) in [5.41, 5.74) is -0.655. The Kier molecular flexibility index (Phi) is 5.40. The second-order valence-corrected chi connectivity index (χ2v) is 9.67. The predicted octanol–water partition coefficient (Wildman–Crippen LogP) is 2.83. The fourth-order valence-corrected chi connectivity index (χ4v) is 5.04. The van der Waals surface area contributed by atoms with Crippen molar-refractivity contribution >= 4 is 43.3 Å². The van der Waals surface area contributed by atoms with Gasteiger partial charge in [-0.15, -0.1) is 11.3 Å². The average molecular weight is 384 g/mol. The second kappa shape index (κ2) is 6.13. The minimum atomic E-state index is -3.74. The third-order valence-electron chi connectivity index (χ3n) is 2.22. The molecule has 0 fully saturated rings. The van der Waals surface area contributed by atoms with Gasteiger partial charge in [0.2, 0.25) is 10.0 Å². The minimum absolute atomic E-state index is 0.171. The van der Waals surface area contributed by atoms with E-state index in [9.17, 15) is 13.2 Å². The van der Waals surface area contributed by atoms with Gasteiger partial charge in [-0.05, 0) is 56.6 Å². The van der Waals surface area contributed by atoms with Crippen molar-refractivity contribution in [1.82, 2.24) is 4.72 Å². The molecule has 114 valence electrons. The van der Waals surface area contributed by atoms with Crippen LogP contribution in [-0.4, -0.2) is 26.0 Å². The molecule has 0 aliphatic carbocycles. The lowest BCUT2D eigenvalue weighted by Crippen LogP contribution is -2.42. The van der Waals surface area contributed by atoms with E-state index in [2.05, 4.69) is 20.7 Å². The van der Waals surface area contributed by atoms with Crippen LogP contribution >= 0.6 is 27.3 Å². The van der Waals surface area contributed by atoms with Crippen LogP contribution in [0.2, 0.25) is 0 Å². The number of nitrogens with one attached hydrogen (secondary N) is 1. The van der Waals surface area contributed by atoms with Gasteiger partial charge >= 0.3 is 5.97 Å². The van der Waals surface area contributed by atoms with Crippen LogP contribution in [0, 0.1) is 6.92 Å². The van der Waals surface area contributed by atoms with E-state index in [0.29, 0.717) is 4.88 Å². The molecular weight excluding hydrogens is 366 g/mol. The third kappa shape index (κ3) is 4.83. The molecule has 1 rings (SSSR count). The van der Waals surface area contributed by atoms with E-state index >= 15 is 0 Å². The molecule has 0 aliphatic rings. The highest BCUT2D eigenvalue weighted by atomic mass is 79.9. The van der Waals surface area contributed by atoms with Gasteiger partial charge in [0, 0.05) is 4.88 Å². The zero-order valence-electron chi connectivity index (χ0n) is 12.0. The van der Waals surface area contributed by atoms with Gasteiger partial charge in [-0.3, -0.25) is 4.79 Å². The van der Waals surface area contributed by atoms with Crippen LogP contribution in [0.15, 0.2) is 14.7 Å². The number of thiophene rings is 1. The first-order chi connectivity index (χ1) is 8.92. The average Bonchev–Trinajstić information content (AvgIpc) is 2.55. The van der Waals surface area contributed by atoms with E-state index in [1.807, 2.05) is 0 Å². The number of aryl methyl sites for hydroxylation is 1. The molecule has 0 aromatic carbocycles. The first-order valence-electron chi connectivity index (χ1n) is 5.93. The molecule has 0 saturated carbocycles. The SMILES string of the molecule is Cc1sc(Br)cc1S(=O)(=O)N[C@@H](C)C(=O)OC(C)(C)C. The largest absolute Gasteiger partial charge is 0.459 e. The van der Waals surface area contributed by atoms with Gasteiger partial charge in [0.25, 0.3) is 0 Å². The summed E-state index contributed by atoms with van der Waals surface area (Å²) in [6.45, 7) is 8.36. The van der Waals surface area contributed by atoms with Gasteiger partial charge in [-0.2, -0.15) is 4.72 Å². The van der Waals surface area contributed by atoms with E-state index in [0.717, 1.165) is 3.79 Å². The number of ether oxygens (including phenoxy) is 1. The van der Waals surface area contributed by atoms with E-state index in [1.54, 1.807) is 27.7 Å². The summed E-state index contributed by atoms with van der Waals surface area (Å²) >= 11 is 4.57. The van der Waals surface area contributed by atoms with E-state index < -0.39 is 27.6 Å². The molecule has 1 heterocycles. The number of hydrogen-bond acceptors (Lipinski definition) is 5. The minimum Gasteiger partial charge on any atom is -0.459 e. The van der Waals surface area contributed by atoms with Crippen molar-refractivity contribution in [2.24, 2.45) is 0 Å². The molecule has 1 N–H and O–H groups in total. The second-order valence-electron chi connectivity index (χ2n) is 5.35. The smallest absolute Gasteiger partial charge is 0.324 e. The molecule has 0 saturated heterocycles. The number of esters is 1. The summed E-state index contributed by atoms with van der Waals surface area (Å²) in [5.74, 6) is -0.604. The Balaban J connectivity index is 2.87. The first-order valence-corrected chi connectivity index (χ1v) is 9.03. The van der Waals surface area contributed by atoms with E-state index in [-0.39, 0.29) is 4.90 Å². The van der Waals surface area contributed by atoms with Crippen molar-refractivity contribution in [3.63, 3.8) is 0 Å². The Morgan fingerprint density at radius 1 is 1.45 bits per heavy atom. The monoisotopic (exact) mass is 383 g/mol. The molecule has 1 aromatic rings. The standard InChI is InChI=1S/C12H18BrNO4S2/c1-7(11(15)18-12(3,4)5)14-20(16,17)9-6-10(13)19-8(9)2/h6-7,14H,1-5H3/t7-/m0/s1. The normalized spacial score (nSPS) is 14.1. The summed E-state index contributed by atoms with van der Waals surface area (Å²) in [4.78, 5) is 12.6. The van der Waals surface area contributed by atoms with Crippen LogP contribution < -0.4 is 4.72 Å². The van der Waals surface area contributed by atoms with Crippen molar-refractivity contribution in [3.8, 4) is 0 Å². The number of hydrogen-bond donors (Lipinski definition) is 1. The number of halogens is 1. The fourth-order valence-electron chi connectivity index (χ4n) is 1.43. The lowest BCUT2D eigenvalue weighted by molar-refractivity contribution is -0.156. The van der Waals surface area contributed by atoms with Crippen molar-refractivity contribution in [2.45, 2.75) is 51.2 Å². The molecule has 0 unspecified atom stereocenters. The maximum atomic E-state index is 12.2. The molecule has 0 spiro atoms. The van der Waals surface area contributed by atoms with E-state index in [4.69, 9.17) is 4.74 Å². The number of sulfonamides is 1. The topological polar surface area (TPSA) is 72.5 Å².